The molecule has 3 nitrogen and oxygen atoms in total. The van der Waals surface area contributed by atoms with Gasteiger partial charge in [-0.15, -0.1) is 17.0 Å². The van der Waals surface area contributed by atoms with Crippen LogP contribution in [0.15, 0.2) is 42.5 Å². The minimum Gasteiger partial charge on any atom is -0.508 e. The third-order valence-corrected chi connectivity index (χ3v) is 4.21. The molecule has 0 aliphatic rings. The predicted molar refractivity (Wildman–Crippen MR) is 106 cm³/mol. The van der Waals surface area contributed by atoms with Gasteiger partial charge in [-0.3, -0.25) is 0 Å². The lowest BCUT2D eigenvalue weighted by Gasteiger charge is -2.22. The molecule has 0 atom stereocenters. The van der Waals surface area contributed by atoms with E-state index in [1.165, 1.54) is 0 Å². The molecule has 2 N–H and O–H groups in total. The molecule has 0 fully saturated rings. The molecule has 132 valence electrons. The van der Waals surface area contributed by atoms with Crippen molar-refractivity contribution in [3.8, 4) is 11.5 Å². The fourth-order valence-electron chi connectivity index (χ4n) is 2.65. The fourth-order valence-corrected chi connectivity index (χ4v) is 2.77. The van der Waals surface area contributed by atoms with Crippen LogP contribution in [0, 0.1) is 0 Å². The standard InChI is InChI=1S/C19H24ClNO2.BrH/c1-2-10-21(11-8-15-4-3-5-17(22)13-15)12-9-16-6-7-18(20)19(23)14-16;/h3-7,13-14,22-23H,2,8-12H2,1H3;1H. The molecule has 5 heteroatoms. The van der Waals surface area contributed by atoms with Crippen molar-refractivity contribution in [1.29, 1.82) is 0 Å². The summed E-state index contributed by atoms with van der Waals surface area (Å²) in [6, 6.07) is 12.9. The molecule has 24 heavy (non-hydrogen) atoms. The highest BCUT2D eigenvalue weighted by molar-refractivity contribution is 8.93. The molecule has 0 bridgehead atoms. The van der Waals surface area contributed by atoms with Gasteiger partial charge in [-0.05, 0) is 61.2 Å². The van der Waals surface area contributed by atoms with Gasteiger partial charge >= 0.3 is 0 Å². The lowest BCUT2D eigenvalue weighted by Crippen LogP contribution is -2.29. The summed E-state index contributed by atoms with van der Waals surface area (Å²) < 4.78 is 0. The van der Waals surface area contributed by atoms with E-state index in [-0.39, 0.29) is 22.7 Å². The summed E-state index contributed by atoms with van der Waals surface area (Å²) in [6.45, 7) is 5.11. The van der Waals surface area contributed by atoms with E-state index in [2.05, 4.69) is 11.8 Å². The molecule has 0 unspecified atom stereocenters. The Morgan fingerprint density at radius 2 is 1.58 bits per heavy atom. The zero-order valence-electron chi connectivity index (χ0n) is 13.9. The maximum absolute atomic E-state index is 9.68. The van der Waals surface area contributed by atoms with Gasteiger partial charge < -0.3 is 15.1 Å². The molecule has 0 spiro atoms. The van der Waals surface area contributed by atoms with Crippen LogP contribution in [-0.2, 0) is 12.8 Å². The van der Waals surface area contributed by atoms with E-state index < -0.39 is 0 Å². The Morgan fingerprint density at radius 3 is 2.17 bits per heavy atom. The molecular formula is C19H25BrClNO2. The van der Waals surface area contributed by atoms with Crippen molar-refractivity contribution in [3.05, 3.63) is 58.6 Å². The van der Waals surface area contributed by atoms with Crippen molar-refractivity contribution in [3.63, 3.8) is 0 Å². The number of phenols is 2. The van der Waals surface area contributed by atoms with Gasteiger partial charge in [0.15, 0.2) is 0 Å². The van der Waals surface area contributed by atoms with Crippen LogP contribution in [0.3, 0.4) is 0 Å². The van der Waals surface area contributed by atoms with Gasteiger partial charge in [-0.2, -0.15) is 0 Å². The molecule has 2 aromatic rings. The van der Waals surface area contributed by atoms with Gasteiger partial charge in [-0.1, -0.05) is 36.7 Å². The van der Waals surface area contributed by atoms with Crippen LogP contribution in [0.5, 0.6) is 11.5 Å². The molecule has 2 rings (SSSR count). The Hall–Kier alpha value is -1.23. The average molecular weight is 415 g/mol. The third kappa shape index (κ3) is 6.71. The normalized spacial score (nSPS) is 10.6. The van der Waals surface area contributed by atoms with Crippen LogP contribution in [0.1, 0.15) is 24.5 Å². The lowest BCUT2D eigenvalue weighted by atomic mass is 10.1. The zero-order chi connectivity index (χ0) is 16.7. The van der Waals surface area contributed by atoms with Gasteiger partial charge in [0.1, 0.15) is 11.5 Å². The van der Waals surface area contributed by atoms with Crippen molar-refractivity contribution in [2.24, 2.45) is 0 Å². The first-order valence-corrected chi connectivity index (χ1v) is 8.44. The van der Waals surface area contributed by atoms with E-state index in [1.807, 2.05) is 24.3 Å². The van der Waals surface area contributed by atoms with Crippen molar-refractivity contribution in [2.45, 2.75) is 26.2 Å². The molecule has 0 aliphatic heterocycles. The number of halogens is 2. The fraction of sp³-hybridized carbons (Fsp3) is 0.368. The zero-order valence-corrected chi connectivity index (χ0v) is 16.4. The summed E-state index contributed by atoms with van der Waals surface area (Å²) in [4.78, 5) is 2.41. The predicted octanol–water partition coefficient (Wildman–Crippen LogP) is 4.83. The van der Waals surface area contributed by atoms with Crippen LogP contribution in [-0.4, -0.2) is 34.7 Å². The first kappa shape index (κ1) is 20.8. The van der Waals surface area contributed by atoms with Crippen molar-refractivity contribution in [1.82, 2.24) is 4.90 Å². The maximum atomic E-state index is 9.68. The van der Waals surface area contributed by atoms with Crippen LogP contribution in [0.25, 0.3) is 0 Å². The van der Waals surface area contributed by atoms with E-state index >= 15 is 0 Å². The first-order valence-electron chi connectivity index (χ1n) is 8.06. The molecule has 0 amide bonds. The smallest absolute Gasteiger partial charge is 0.134 e. The average Bonchev–Trinajstić information content (AvgIpc) is 2.53. The number of rotatable bonds is 8. The summed E-state index contributed by atoms with van der Waals surface area (Å²) in [7, 11) is 0. The number of hydrogen-bond acceptors (Lipinski definition) is 3. The highest BCUT2D eigenvalue weighted by Gasteiger charge is 2.07. The number of phenolic OH excluding ortho intramolecular Hbond substituents is 2. The minimum atomic E-state index is 0. The van der Waals surface area contributed by atoms with Crippen molar-refractivity contribution >= 4 is 28.6 Å². The second-order valence-electron chi connectivity index (χ2n) is 5.80. The van der Waals surface area contributed by atoms with E-state index in [1.54, 1.807) is 18.2 Å². The molecule has 0 radical (unpaired) electrons. The highest BCUT2D eigenvalue weighted by atomic mass is 79.9. The third-order valence-electron chi connectivity index (χ3n) is 3.89. The largest absolute Gasteiger partial charge is 0.508 e. The topological polar surface area (TPSA) is 43.7 Å². The molecule has 0 saturated heterocycles. The molecule has 0 aliphatic carbocycles. The second kappa shape index (κ2) is 10.6. The number of nitrogens with zero attached hydrogens (tertiary/aromatic N) is 1. The summed E-state index contributed by atoms with van der Waals surface area (Å²) >= 11 is 5.84. The Kier molecular flexibility index (Phi) is 9.19. The van der Waals surface area contributed by atoms with Gasteiger partial charge in [-0.25, -0.2) is 0 Å². The van der Waals surface area contributed by atoms with Crippen LogP contribution in [0.2, 0.25) is 5.02 Å². The van der Waals surface area contributed by atoms with Gasteiger partial charge in [0, 0.05) is 13.1 Å². The van der Waals surface area contributed by atoms with Crippen molar-refractivity contribution < 1.29 is 10.2 Å². The summed E-state index contributed by atoms with van der Waals surface area (Å²) in [5.74, 6) is 0.465. The summed E-state index contributed by atoms with van der Waals surface area (Å²) in [5, 5.41) is 19.6. The number of benzene rings is 2. The number of aromatic hydroxyl groups is 2. The van der Waals surface area contributed by atoms with Crippen molar-refractivity contribution in [2.75, 3.05) is 19.6 Å². The first-order chi connectivity index (χ1) is 11.1. The second-order valence-corrected chi connectivity index (χ2v) is 6.20. The number of hydrogen-bond donors (Lipinski definition) is 2. The molecule has 0 heterocycles. The maximum Gasteiger partial charge on any atom is 0.134 e. The molecular weight excluding hydrogens is 390 g/mol. The monoisotopic (exact) mass is 413 g/mol. The summed E-state index contributed by atoms with van der Waals surface area (Å²) in [6.07, 6.45) is 2.90. The SMILES string of the molecule is Br.CCCN(CCc1cccc(O)c1)CCc1ccc(Cl)c(O)c1. The quantitative estimate of drug-likeness (QED) is 0.650. The van der Waals surface area contributed by atoms with E-state index in [9.17, 15) is 10.2 Å². The van der Waals surface area contributed by atoms with E-state index in [0.29, 0.717) is 10.8 Å². The van der Waals surface area contributed by atoms with E-state index in [0.717, 1.165) is 50.0 Å². The molecule has 2 aromatic carbocycles. The van der Waals surface area contributed by atoms with Crippen LogP contribution >= 0.6 is 28.6 Å². The molecule has 0 aromatic heterocycles. The van der Waals surface area contributed by atoms with Crippen LogP contribution in [0.4, 0.5) is 0 Å². The van der Waals surface area contributed by atoms with Gasteiger partial charge in [0.2, 0.25) is 0 Å². The Morgan fingerprint density at radius 1 is 0.917 bits per heavy atom. The minimum absolute atomic E-state index is 0. The highest BCUT2D eigenvalue weighted by Crippen LogP contribution is 2.24. The van der Waals surface area contributed by atoms with Gasteiger partial charge in [0.05, 0.1) is 5.02 Å². The Labute approximate surface area is 159 Å². The Bertz CT molecular complexity index is 637. The van der Waals surface area contributed by atoms with Crippen LogP contribution < -0.4 is 0 Å². The lowest BCUT2D eigenvalue weighted by molar-refractivity contribution is 0.281. The molecule has 0 saturated carbocycles. The van der Waals surface area contributed by atoms with Gasteiger partial charge in [0.25, 0.3) is 0 Å². The summed E-state index contributed by atoms with van der Waals surface area (Å²) in [5.41, 5.74) is 2.24. The van der Waals surface area contributed by atoms with E-state index in [4.69, 9.17) is 11.6 Å². The Balaban J connectivity index is 0.00000288.